The zero-order valence-corrected chi connectivity index (χ0v) is 13.6. The van der Waals surface area contributed by atoms with Crippen molar-refractivity contribution < 1.29 is 19.5 Å². The van der Waals surface area contributed by atoms with E-state index in [2.05, 4.69) is 5.43 Å². The average Bonchev–Trinajstić information content (AvgIpc) is 2.60. The van der Waals surface area contributed by atoms with Gasteiger partial charge in [-0.05, 0) is 36.4 Å². The summed E-state index contributed by atoms with van der Waals surface area (Å²) in [5.74, 6) is -3.25. The monoisotopic (exact) mass is 359 g/mol. The molecule has 0 spiro atoms. The van der Waals surface area contributed by atoms with E-state index in [0.29, 0.717) is 10.6 Å². The second kappa shape index (κ2) is 7.98. The number of aliphatic hydroxyl groups excluding tert-OH is 1. The Bertz CT molecular complexity index is 847. The molecule has 0 aliphatic rings. The number of anilines is 1. The standard InChI is InChI=1S/C17H14ClN3O4/c18-11-7-5-10(6-8-11)14(22)9-15(23)17(25)21-20-16(24)12-3-1-2-4-13(12)19/h1-9,22H,19H2,(H,20,24)(H,21,25). The summed E-state index contributed by atoms with van der Waals surface area (Å²) in [5.41, 5.74) is 10.3. The number of rotatable bonds is 4. The van der Waals surface area contributed by atoms with E-state index in [1.165, 1.54) is 36.4 Å². The number of nitrogen functional groups attached to an aromatic ring is 1. The number of nitrogens with one attached hydrogen (secondary N) is 2. The zero-order chi connectivity index (χ0) is 18.4. The maximum Gasteiger partial charge on any atom is 0.310 e. The van der Waals surface area contributed by atoms with Crippen molar-refractivity contribution in [1.82, 2.24) is 10.9 Å². The molecule has 0 aliphatic carbocycles. The van der Waals surface area contributed by atoms with Gasteiger partial charge in [0, 0.05) is 22.3 Å². The number of hydrogen-bond donors (Lipinski definition) is 4. The predicted octanol–water partition coefficient (Wildman–Crippen LogP) is 1.85. The highest BCUT2D eigenvalue weighted by Crippen LogP contribution is 2.15. The zero-order valence-electron chi connectivity index (χ0n) is 12.8. The molecule has 0 saturated carbocycles. The molecule has 0 atom stereocenters. The van der Waals surface area contributed by atoms with Crippen LogP contribution >= 0.6 is 11.6 Å². The quantitative estimate of drug-likeness (QED) is 0.218. The van der Waals surface area contributed by atoms with E-state index >= 15 is 0 Å². The lowest BCUT2D eigenvalue weighted by atomic mass is 10.1. The van der Waals surface area contributed by atoms with E-state index < -0.39 is 23.4 Å². The molecular weight excluding hydrogens is 346 g/mol. The van der Waals surface area contributed by atoms with E-state index in [1.807, 2.05) is 5.43 Å². The molecule has 2 aromatic rings. The van der Waals surface area contributed by atoms with Crippen molar-refractivity contribution in [2.45, 2.75) is 0 Å². The maximum atomic E-state index is 11.9. The summed E-state index contributed by atoms with van der Waals surface area (Å²) in [6, 6.07) is 12.3. The highest BCUT2D eigenvalue weighted by molar-refractivity contribution is 6.41. The third kappa shape index (κ3) is 4.82. The van der Waals surface area contributed by atoms with Gasteiger partial charge in [-0.3, -0.25) is 25.2 Å². The molecule has 0 aliphatic heterocycles. The first kappa shape index (κ1) is 18.0. The largest absolute Gasteiger partial charge is 0.507 e. The summed E-state index contributed by atoms with van der Waals surface area (Å²) < 4.78 is 0. The van der Waals surface area contributed by atoms with Crippen LogP contribution in [0.1, 0.15) is 15.9 Å². The normalized spacial score (nSPS) is 10.8. The fourth-order valence-corrected chi connectivity index (χ4v) is 1.97. The minimum Gasteiger partial charge on any atom is -0.507 e. The Kier molecular flexibility index (Phi) is 5.75. The molecule has 0 radical (unpaired) electrons. The second-order valence-corrected chi connectivity index (χ2v) is 5.33. The molecule has 0 aromatic heterocycles. The lowest BCUT2D eigenvalue weighted by Crippen LogP contribution is -2.44. The number of benzene rings is 2. The van der Waals surface area contributed by atoms with Crippen molar-refractivity contribution in [3.05, 3.63) is 70.8 Å². The van der Waals surface area contributed by atoms with Gasteiger partial charge in [0.25, 0.3) is 5.91 Å². The summed E-state index contributed by atoms with van der Waals surface area (Å²) >= 11 is 5.72. The Hall–Kier alpha value is -3.32. The number of carbonyl (C=O) groups excluding carboxylic acids is 3. The molecule has 0 unspecified atom stereocenters. The molecule has 0 bridgehead atoms. The molecule has 5 N–H and O–H groups in total. The van der Waals surface area contributed by atoms with E-state index in [4.69, 9.17) is 17.3 Å². The van der Waals surface area contributed by atoms with E-state index in [1.54, 1.807) is 12.1 Å². The van der Waals surface area contributed by atoms with Gasteiger partial charge in [0.15, 0.2) is 0 Å². The first-order valence-corrected chi connectivity index (χ1v) is 7.42. The van der Waals surface area contributed by atoms with Gasteiger partial charge >= 0.3 is 5.91 Å². The van der Waals surface area contributed by atoms with Crippen LogP contribution < -0.4 is 16.6 Å². The number of carbonyl (C=O) groups is 3. The Morgan fingerprint density at radius 1 is 1.00 bits per heavy atom. The van der Waals surface area contributed by atoms with Crippen LogP contribution in [-0.4, -0.2) is 22.7 Å². The van der Waals surface area contributed by atoms with Crippen molar-refractivity contribution in [2.75, 3.05) is 5.73 Å². The number of hydrazine groups is 1. The SMILES string of the molecule is Nc1ccccc1C(=O)NNC(=O)C(=O)C=C(O)c1ccc(Cl)cc1. The smallest absolute Gasteiger partial charge is 0.310 e. The number of halogens is 1. The van der Waals surface area contributed by atoms with Crippen LogP contribution in [0.3, 0.4) is 0 Å². The van der Waals surface area contributed by atoms with Crippen molar-refractivity contribution in [2.24, 2.45) is 0 Å². The molecule has 128 valence electrons. The first-order chi connectivity index (χ1) is 11.9. The average molecular weight is 360 g/mol. The molecule has 8 heteroatoms. The molecule has 2 amide bonds. The van der Waals surface area contributed by atoms with Gasteiger partial charge in [-0.1, -0.05) is 23.7 Å². The van der Waals surface area contributed by atoms with E-state index in [9.17, 15) is 19.5 Å². The van der Waals surface area contributed by atoms with Crippen molar-refractivity contribution >= 4 is 40.6 Å². The van der Waals surface area contributed by atoms with Crippen LogP contribution in [-0.2, 0) is 9.59 Å². The van der Waals surface area contributed by atoms with Crippen LogP contribution in [0, 0.1) is 0 Å². The van der Waals surface area contributed by atoms with Crippen molar-refractivity contribution in [1.29, 1.82) is 0 Å². The Balaban J connectivity index is 1.97. The summed E-state index contributed by atoms with van der Waals surface area (Å²) in [7, 11) is 0. The number of aliphatic hydroxyl groups is 1. The summed E-state index contributed by atoms with van der Waals surface area (Å²) in [6.07, 6.45) is 0.738. The van der Waals surface area contributed by atoms with E-state index in [-0.39, 0.29) is 11.3 Å². The van der Waals surface area contributed by atoms with Gasteiger partial charge in [-0.2, -0.15) is 0 Å². The molecule has 0 heterocycles. The molecule has 0 saturated heterocycles. The number of amides is 2. The van der Waals surface area contributed by atoms with Gasteiger partial charge in [-0.25, -0.2) is 0 Å². The summed E-state index contributed by atoms with van der Waals surface area (Å²) in [5, 5.41) is 10.3. The molecule has 25 heavy (non-hydrogen) atoms. The van der Waals surface area contributed by atoms with Gasteiger partial charge in [0.2, 0.25) is 5.78 Å². The third-order valence-electron chi connectivity index (χ3n) is 3.13. The number of ketones is 1. The predicted molar refractivity (Wildman–Crippen MR) is 93.5 cm³/mol. The van der Waals surface area contributed by atoms with E-state index in [0.717, 1.165) is 6.08 Å². The second-order valence-electron chi connectivity index (χ2n) is 4.90. The Morgan fingerprint density at radius 3 is 2.28 bits per heavy atom. The highest BCUT2D eigenvalue weighted by Gasteiger charge is 2.15. The Morgan fingerprint density at radius 2 is 1.64 bits per heavy atom. The molecule has 2 aromatic carbocycles. The van der Waals surface area contributed by atoms with Gasteiger partial charge < -0.3 is 10.8 Å². The van der Waals surface area contributed by atoms with Crippen LogP contribution in [0.15, 0.2) is 54.6 Å². The van der Waals surface area contributed by atoms with Crippen LogP contribution in [0.2, 0.25) is 5.02 Å². The highest BCUT2D eigenvalue weighted by atomic mass is 35.5. The van der Waals surface area contributed by atoms with Gasteiger partial charge in [0.05, 0.1) is 5.56 Å². The lowest BCUT2D eigenvalue weighted by molar-refractivity contribution is -0.135. The number of para-hydroxylation sites is 1. The molecule has 0 fully saturated rings. The van der Waals surface area contributed by atoms with Crippen molar-refractivity contribution in [3.8, 4) is 0 Å². The summed E-state index contributed by atoms with van der Waals surface area (Å²) in [4.78, 5) is 35.3. The summed E-state index contributed by atoms with van der Waals surface area (Å²) in [6.45, 7) is 0. The lowest BCUT2D eigenvalue weighted by Gasteiger charge is -2.07. The molecule has 7 nitrogen and oxygen atoms in total. The molecule has 2 rings (SSSR count). The maximum absolute atomic E-state index is 11.9. The van der Waals surface area contributed by atoms with Crippen LogP contribution in [0.5, 0.6) is 0 Å². The Labute approximate surface area is 148 Å². The first-order valence-electron chi connectivity index (χ1n) is 7.04. The van der Waals surface area contributed by atoms with Gasteiger partial charge in [0.1, 0.15) is 5.76 Å². The molecular formula is C17H14ClN3O4. The minimum absolute atomic E-state index is 0.148. The topological polar surface area (TPSA) is 122 Å². The third-order valence-corrected chi connectivity index (χ3v) is 3.38. The van der Waals surface area contributed by atoms with Crippen molar-refractivity contribution in [3.63, 3.8) is 0 Å². The fraction of sp³-hybridized carbons (Fsp3) is 0. The van der Waals surface area contributed by atoms with Crippen LogP contribution in [0.4, 0.5) is 5.69 Å². The minimum atomic E-state index is -1.12. The number of nitrogens with two attached hydrogens (primary N) is 1. The van der Waals surface area contributed by atoms with Gasteiger partial charge in [-0.15, -0.1) is 0 Å². The van der Waals surface area contributed by atoms with Crippen LogP contribution in [0.25, 0.3) is 5.76 Å². The number of hydrogen-bond acceptors (Lipinski definition) is 5. The fourth-order valence-electron chi connectivity index (χ4n) is 1.84.